The zero-order chi connectivity index (χ0) is 22.9. The van der Waals surface area contributed by atoms with E-state index >= 15 is 0 Å². The van der Waals surface area contributed by atoms with Crippen LogP contribution in [0.3, 0.4) is 0 Å². The van der Waals surface area contributed by atoms with Gasteiger partial charge in [-0.15, -0.1) is 12.4 Å². The molecule has 5 nitrogen and oxygen atoms in total. The SMILES string of the molecule is Cl.N=C(N)N(Cc1ccc(OCc2ccccc2)cc1)c1ccc(OCc2ccccc2)cc1. The Balaban J connectivity index is 0.00000324. The van der Waals surface area contributed by atoms with E-state index in [4.69, 9.17) is 20.6 Å². The summed E-state index contributed by atoms with van der Waals surface area (Å²) in [5.74, 6) is 1.56. The van der Waals surface area contributed by atoms with Crippen molar-refractivity contribution in [2.24, 2.45) is 5.73 Å². The summed E-state index contributed by atoms with van der Waals surface area (Å²) >= 11 is 0. The predicted molar refractivity (Wildman–Crippen MR) is 140 cm³/mol. The van der Waals surface area contributed by atoms with Crippen molar-refractivity contribution in [3.8, 4) is 11.5 Å². The Bertz CT molecular complexity index is 1150. The molecule has 0 aliphatic heterocycles. The van der Waals surface area contributed by atoms with E-state index in [2.05, 4.69) is 0 Å². The highest BCUT2D eigenvalue weighted by Gasteiger charge is 2.11. The second kappa shape index (κ2) is 12.3. The Hall–Kier alpha value is -3.96. The van der Waals surface area contributed by atoms with Gasteiger partial charge in [-0.1, -0.05) is 72.8 Å². The lowest BCUT2D eigenvalue weighted by Gasteiger charge is -2.23. The number of halogens is 1. The van der Waals surface area contributed by atoms with Gasteiger partial charge in [0.1, 0.15) is 24.7 Å². The number of nitrogens with one attached hydrogen (secondary N) is 1. The molecule has 34 heavy (non-hydrogen) atoms. The first-order valence-corrected chi connectivity index (χ1v) is 10.8. The zero-order valence-corrected chi connectivity index (χ0v) is 19.6. The number of nitrogens with two attached hydrogens (primary N) is 1. The minimum Gasteiger partial charge on any atom is -0.489 e. The minimum absolute atomic E-state index is 0. The van der Waals surface area contributed by atoms with Crippen LogP contribution < -0.4 is 20.1 Å². The van der Waals surface area contributed by atoms with E-state index in [-0.39, 0.29) is 18.4 Å². The second-order valence-corrected chi connectivity index (χ2v) is 7.66. The van der Waals surface area contributed by atoms with Crippen molar-refractivity contribution < 1.29 is 9.47 Å². The minimum atomic E-state index is -0.0163. The van der Waals surface area contributed by atoms with Crippen molar-refractivity contribution in [3.63, 3.8) is 0 Å². The Morgan fingerprint density at radius 2 is 1.06 bits per heavy atom. The van der Waals surface area contributed by atoms with Crippen LogP contribution in [0.25, 0.3) is 0 Å². The number of ether oxygens (including phenoxy) is 2. The average Bonchev–Trinajstić information content (AvgIpc) is 2.87. The molecule has 4 aromatic carbocycles. The van der Waals surface area contributed by atoms with Gasteiger partial charge in [0, 0.05) is 5.69 Å². The first kappa shape index (κ1) is 24.7. The fraction of sp³-hybridized carbons (Fsp3) is 0.107. The van der Waals surface area contributed by atoms with Crippen molar-refractivity contribution in [1.82, 2.24) is 0 Å². The summed E-state index contributed by atoms with van der Waals surface area (Å²) in [6.07, 6.45) is 0. The number of nitrogens with zero attached hydrogens (tertiary/aromatic N) is 1. The van der Waals surface area contributed by atoms with E-state index in [0.29, 0.717) is 19.8 Å². The van der Waals surface area contributed by atoms with Crippen LogP contribution in [0, 0.1) is 5.41 Å². The molecule has 0 bridgehead atoms. The van der Waals surface area contributed by atoms with Gasteiger partial charge in [-0.2, -0.15) is 0 Å². The highest BCUT2D eigenvalue weighted by atomic mass is 35.5. The van der Waals surface area contributed by atoms with Crippen LogP contribution in [0.15, 0.2) is 109 Å². The fourth-order valence-corrected chi connectivity index (χ4v) is 3.39. The molecule has 174 valence electrons. The van der Waals surface area contributed by atoms with Crippen LogP contribution in [-0.2, 0) is 19.8 Å². The van der Waals surface area contributed by atoms with Gasteiger partial charge in [-0.3, -0.25) is 5.41 Å². The van der Waals surface area contributed by atoms with E-state index in [9.17, 15) is 0 Å². The van der Waals surface area contributed by atoms with Crippen LogP contribution in [0.2, 0.25) is 0 Å². The van der Waals surface area contributed by atoms with Crippen LogP contribution in [0.1, 0.15) is 16.7 Å². The molecule has 0 aromatic heterocycles. The van der Waals surface area contributed by atoms with Crippen LogP contribution in [0.5, 0.6) is 11.5 Å². The first-order chi connectivity index (χ1) is 16.2. The third-order valence-electron chi connectivity index (χ3n) is 5.20. The lowest BCUT2D eigenvalue weighted by molar-refractivity contribution is 0.306. The van der Waals surface area contributed by atoms with Gasteiger partial charge >= 0.3 is 0 Å². The standard InChI is InChI=1S/C28H27N3O2.ClH/c29-28(30)31(25-13-17-27(18-14-25)33-21-24-9-5-2-6-10-24)19-22-11-15-26(16-12-22)32-20-23-7-3-1-4-8-23;/h1-18H,19-21H2,(H3,29,30);1H. The molecule has 0 aliphatic carbocycles. The van der Waals surface area contributed by atoms with E-state index in [1.165, 1.54) is 0 Å². The molecule has 4 aromatic rings. The summed E-state index contributed by atoms with van der Waals surface area (Å²) in [7, 11) is 0. The Kier molecular flexibility index (Phi) is 8.95. The molecule has 3 N–H and O–H groups in total. The Labute approximate surface area is 206 Å². The summed E-state index contributed by atoms with van der Waals surface area (Å²) < 4.78 is 11.7. The number of benzene rings is 4. The van der Waals surface area contributed by atoms with Gasteiger partial charge in [-0.25, -0.2) is 0 Å². The molecule has 0 spiro atoms. The van der Waals surface area contributed by atoms with Gasteiger partial charge in [0.25, 0.3) is 0 Å². The van der Waals surface area contributed by atoms with E-state index in [0.717, 1.165) is 33.9 Å². The molecule has 0 saturated carbocycles. The summed E-state index contributed by atoms with van der Waals surface area (Å²) in [6.45, 7) is 1.52. The molecule has 0 saturated heterocycles. The molecular weight excluding hydrogens is 446 g/mol. The smallest absolute Gasteiger partial charge is 0.193 e. The summed E-state index contributed by atoms with van der Waals surface area (Å²) in [5.41, 5.74) is 9.99. The molecule has 0 atom stereocenters. The second-order valence-electron chi connectivity index (χ2n) is 7.66. The molecular formula is C28H28ClN3O2. The third kappa shape index (κ3) is 7.02. The maximum Gasteiger partial charge on any atom is 0.193 e. The van der Waals surface area contributed by atoms with Gasteiger partial charge in [0.15, 0.2) is 5.96 Å². The first-order valence-electron chi connectivity index (χ1n) is 10.8. The lowest BCUT2D eigenvalue weighted by Crippen LogP contribution is -2.35. The quantitative estimate of drug-likeness (QED) is 0.225. The third-order valence-corrected chi connectivity index (χ3v) is 5.20. The summed E-state index contributed by atoms with van der Waals surface area (Å²) in [5, 5.41) is 8.04. The number of rotatable bonds is 9. The van der Waals surface area contributed by atoms with Crippen molar-refractivity contribution in [1.29, 1.82) is 5.41 Å². The summed E-state index contributed by atoms with van der Waals surface area (Å²) in [4.78, 5) is 1.75. The van der Waals surface area contributed by atoms with Gasteiger partial charge in [-0.05, 0) is 53.1 Å². The molecule has 6 heteroatoms. The molecule has 0 heterocycles. The van der Waals surface area contributed by atoms with Crippen LogP contribution in [0.4, 0.5) is 5.69 Å². The monoisotopic (exact) mass is 473 g/mol. The molecule has 0 radical (unpaired) electrons. The maximum absolute atomic E-state index is 8.04. The topological polar surface area (TPSA) is 71.6 Å². The van der Waals surface area contributed by atoms with E-state index in [1.807, 2.05) is 109 Å². The highest BCUT2D eigenvalue weighted by Crippen LogP contribution is 2.23. The number of guanidine groups is 1. The van der Waals surface area contributed by atoms with Crippen molar-refractivity contribution in [2.45, 2.75) is 19.8 Å². The maximum atomic E-state index is 8.04. The Morgan fingerprint density at radius 1 is 0.618 bits per heavy atom. The van der Waals surface area contributed by atoms with Gasteiger partial charge in [0.2, 0.25) is 0 Å². The normalized spacial score (nSPS) is 10.1. The van der Waals surface area contributed by atoms with E-state index in [1.54, 1.807) is 4.90 Å². The van der Waals surface area contributed by atoms with Crippen molar-refractivity contribution in [3.05, 3.63) is 126 Å². The van der Waals surface area contributed by atoms with Crippen molar-refractivity contribution in [2.75, 3.05) is 4.90 Å². The van der Waals surface area contributed by atoms with Crippen LogP contribution >= 0.6 is 12.4 Å². The predicted octanol–water partition coefficient (Wildman–Crippen LogP) is 6.17. The van der Waals surface area contributed by atoms with Crippen LogP contribution in [-0.4, -0.2) is 5.96 Å². The van der Waals surface area contributed by atoms with Gasteiger partial charge in [0.05, 0.1) is 6.54 Å². The number of hydrogen-bond acceptors (Lipinski definition) is 3. The Morgan fingerprint density at radius 3 is 1.50 bits per heavy atom. The lowest BCUT2D eigenvalue weighted by atomic mass is 10.2. The largest absolute Gasteiger partial charge is 0.489 e. The number of anilines is 1. The van der Waals surface area contributed by atoms with Crippen molar-refractivity contribution >= 4 is 24.1 Å². The fourth-order valence-electron chi connectivity index (χ4n) is 3.39. The van der Waals surface area contributed by atoms with E-state index < -0.39 is 0 Å². The van der Waals surface area contributed by atoms with Gasteiger partial charge < -0.3 is 20.1 Å². The molecule has 0 fully saturated rings. The molecule has 0 amide bonds. The molecule has 4 rings (SSSR count). The number of hydrogen-bond donors (Lipinski definition) is 2. The molecule has 0 aliphatic rings. The highest BCUT2D eigenvalue weighted by molar-refractivity contribution is 5.92. The zero-order valence-electron chi connectivity index (χ0n) is 18.8. The summed E-state index contributed by atoms with van der Waals surface area (Å²) in [6, 6.07) is 35.6. The average molecular weight is 474 g/mol. The molecule has 0 unspecified atom stereocenters.